The fourth-order valence-electron chi connectivity index (χ4n) is 5.26. The maximum absolute atomic E-state index is 13.4. The highest BCUT2D eigenvalue weighted by Gasteiger charge is 2.48. The molecule has 0 spiro atoms. The Hall–Kier alpha value is -3.14. The van der Waals surface area contributed by atoms with Gasteiger partial charge in [0, 0.05) is 12.3 Å². The van der Waals surface area contributed by atoms with Gasteiger partial charge in [0.15, 0.2) is 0 Å². The van der Waals surface area contributed by atoms with Crippen LogP contribution in [0.3, 0.4) is 0 Å². The molecule has 1 heterocycles. The zero-order valence-corrected chi connectivity index (χ0v) is 22.5. The number of aliphatic hydroxyl groups is 5. The van der Waals surface area contributed by atoms with Crippen molar-refractivity contribution >= 4 is 11.6 Å². The van der Waals surface area contributed by atoms with Gasteiger partial charge in [0.2, 0.25) is 5.91 Å². The molecule has 1 saturated heterocycles. The molecule has 214 valence electrons. The molecule has 4 rings (SSSR count). The molecule has 1 aliphatic rings. The van der Waals surface area contributed by atoms with E-state index in [4.69, 9.17) is 5.11 Å². The van der Waals surface area contributed by atoms with Gasteiger partial charge < -0.3 is 30.4 Å². The Bertz CT molecular complexity index is 1230. The number of nitrogens with zero attached hydrogens (tertiary/aromatic N) is 1. The van der Waals surface area contributed by atoms with Crippen LogP contribution in [0.25, 0.3) is 0 Å². The normalized spacial score (nSPS) is 18.1. The van der Waals surface area contributed by atoms with Gasteiger partial charge in [-0.1, -0.05) is 48.5 Å². The van der Waals surface area contributed by atoms with Crippen molar-refractivity contribution in [2.75, 3.05) is 24.7 Å². The quantitative estimate of drug-likeness (QED) is 0.195. The van der Waals surface area contributed by atoms with E-state index < -0.39 is 24.9 Å². The Morgan fingerprint density at radius 2 is 1.45 bits per heavy atom. The van der Waals surface area contributed by atoms with Gasteiger partial charge in [0.05, 0.1) is 31.3 Å². The molecular weight excluding hydrogens is 513 g/mol. The summed E-state index contributed by atoms with van der Waals surface area (Å²) in [6.07, 6.45) is 2.09. The van der Waals surface area contributed by atoms with E-state index >= 15 is 0 Å². The first-order chi connectivity index (χ1) is 19.3. The standard InChI is InChI=1S/C32H38FNO6/c33-26-11-9-24(10-12-26)29(38)16-15-28-30(25-7-3-23(4-8-25)17-18-32(40,20-36)21-37)34(31(28)39)27-13-5-22(6-14-27)2-1-19-35/h3-14,28-30,35-38,40H,1-2,15-21H2/t28-,29+,30-/m1/s1. The number of hydrogen-bond acceptors (Lipinski definition) is 6. The molecule has 3 aromatic rings. The summed E-state index contributed by atoms with van der Waals surface area (Å²) in [7, 11) is 0. The van der Waals surface area contributed by atoms with Crippen molar-refractivity contribution in [1.82, 2.24) is 0 Å². The minimum atomic E-state index is -1.53. The molecule has 3 atom stereocenters. The van der Waals surface area contributed by atoms with Crippen LogP contribution in [0.1, 0.15) is 60.1 Å². The summed E-state index contributed by atoms with van der Waals surface area (Å²) in [4.78, 5) is 15.2. The van der Waals surface area contributed by atoms with Gasteiger partial charge in [0.1, 0.15) is 11.4 Å². The van der Waals surface area contributed by atoms with Crippen molar-refractivity contribution < 1.29 is 34.7 Å². The molecule has 0 unspecified atom stereocenters. The molecule has 0 aromatic heterocycles. The zero-order chi connectivity index (χ0) is 28.7. The van der Waals surface area contributed by atoms with E-state index in [2.05, 4.69) is 0 Å². The molecule has 0 aliphatic carbocycles. The number of amides is 1. The highest BCUT2D eigenvalue weighted by molar-refractivity contribution is 6.03. The van der Waals surface area contributed by atoms with Gasteiger partial charge in [-0.05, 0) is 85.0 Å². The summed E-state index contributed by atoms with van der Waals surface area (Å²) in [6, 6.07) is 21.0. The number of carbonyl (C=O) groups is 1. The van der Waals surface area contributed by atoms with E-state index in [-0.39, 0.29) is 36.7 Å². The number of hydrogen-bond donors (Lipinski definition) is 5. The molecule has 0 radical (unpaired) electrons. The first-order valence-corrected chi connectivity index (χ1v) is 13.8. The first-order valence-electron chi connectivity index (χ1n) is 13.8. The van der Waals surface area contributed by atoms with Gasteiger partial charge in [0.25, 0.3) is 0 Å². The van der Waals surface area contributed by atoms with Crippen LogP contribution in [0, 0.1) is 11.7 Å². The molecule has 7 nitrogen and oxygen atoms in total. The highest BCUT2D eigenvalue weighted by Crippen LogP contribution is 2.46. The van der Waals surface area contributed by atoms with Crippen molar-refractivity contribution in [2.24, 2.45) is 5.92 Å². The van der Waals surface area contributed by atoms with Crippen molar-refractivity contribution in [3.05, 3.63) is 101 Å². The van der Waals surface area contributed by atoms with Gasteiger partial charge in [-0.25, -0.2) is 4.39 Å². The zero-order valence-electron chi connectivity index (χ0n) is 22.5. The van der Waals surface area contributed by atoms with Gasteiger partial charge in [-0.15, -0.1) is 0 Å². The third-order valence-electron chi connectivity index (χ3n) is 7.85. The molecule has 3 aromatic carbocycles. The number of halogens is 1. The molecule has 0 saturated carbocycles. The number of benzene rings is 3. The van der Waals surface area contributed by atoms with Crippen LogP contribution in [-0.4, -0.2) is 56.9 Å². The summed E-state index contributed by atoms with van der Waals surface area (Å²) in [5, 5.41) is 48.7. The maximum Gasteiger partial charge on any atom is 0.233 e. The second kappa shape index (κ2) is 13.5. The van der Waals surface area contributed by atoms with E-state index in [0.29, 0.717) is 31.2 Å². The number of anilines is 1. The lowest BCUT2D eigenvalue weighted by Gasteiger charge is -2.48. The molecule has 0 bridgehead atoms. The van der Waals surface area contributed by atoms with Crippen LogP contribution in [-0.2, 0) is 17.6 Å². The molecule has 40 heavy (non-hydrogen) atoms. The predicted molar refractivity (Wildman–Crippen MR) is 150 cm³/mol. The number of aliphatic hydroxyl groups excluding tert-OH is 4. The van der Waals surface area contributed by atoms with Crippen molar-refractivity contribution in [3.63, 3.8) is 0 Å². The van der Waals surface area contributed by atoms with Crippen molar-refractivity contribution in [1.29, 1.82) is 0 Å². The van der Waals surface area contributed by atoms with E-state index in [0.717, 1.165) is 28.8 Å². The first kappa shape index (κ1) is 29.8. The molecule has 5 N–H and O–H groups in total. The third kappa shape index (κ3) is 6.95. The topological polar surface area (TPSA) is 121 Å². The molecule has 1 fully saturated rings. The Labute approximate surface area is 234 Å². The fourth-order valence-corrected chi connectivity index (χ4v) is 5.26. The fraction of sp³-hybridized carbons (Fsp3) is 0.406. The van der Waals surface area contributed by atoms with Crippen LogP contribution in [0.15, 0.2) is 72.8 Å². The minimum absolute atomic E-state index is 0.0283. The number of β-lactam (4-membered cyclic amide) rings is 1. The SMILES string of the molecule is O=C1[C@H](CC[C@H](O)c2ccc(F)cc2)[C@@H](c2ccc(CCC(O)(CO)CO)cc2)N1c1ccc(CCCO)cc1. The lowest BCUT2D eigenvalue weighted by molar-refractivity contribution is -0.131. The van der Waals surface area contributed by atoms with Gasteiger partial charge in [-0.2, -0.15) is 0 Å². The number of carbonyl (C=O) groups excluding carboxylic acids is 1. The maximum atomic E-state index is 13.4. The smallest absolute Gasteiger partial charge is 0.233 e. The largest absolute Gasteiger partial charge is 0.396 e. The molecule has 8 heteroatoms. The second-order valence-electron chi connectivity index (χ2n) is 10.7. The van der Waals surface area contributed by atoms with Crippen LogP contribution in [0.2, 0.25) is 0 Å². The third-order valence-corrected chi connectivity index (χ3v) is 7.85. The average Bonchev–Trinajstić information content (AvgIpc) is 2.98. The highest BCUT2D eigenvalue weighted by atomic mass is 19.1. The monoisotopic (exact) mass is 551 g/mol. The van der Waals surface area contributed by atoms with Gasteiger partial charge >= 0.3 is 0 Å². The van der Waals surface area contributed by atoms with Crippen molar-refractivity contribution in [2.45, 2.75) is 56.3 Å². The Morgan fingerprint density at radius 3 is 2.05 bits per heavy atom. The summed E-state index contributed by atoms with van der Waals surface area (Å²) >= 11 is 0. The summed E-state index contributed by atoms with van der Waals surface area (Å²) in [5.74, 6) is -0.743. The summed E-state index contributed by atoms with van der Waals surface area (Å²) < 4.78 is 13.3. The lowest BCUT2D eigenvalue weighted by Crippen LogP contribution is -2.55. The van der Waals surface area contributed by atoms with E-state index in [1.54, 1.807) is 17.0 Å². The molecule has 1 amide bonds. The summed E-state index contributed by atoms with van der Waals surface area (Å²) in [6.45, 7) is -0.925. The van der Waals surface area contributed by atoms with Crippen LogP contribution in [0.5, 0.6) is 0 Å². The predicted octanol–water partition coefficient (Wildman–Crippen LogP) is 3.62. The Kier molecular flexibility index (Phi) is 10.1. The van der Waals surface area contributed by atoms with Crippen LogP contribution < -0.4 is 4.90 Å². The van der Waals surface area contributed by atoms with Crippen LogP contribution in [0.4, 0.5) is 10.1 Å². The average molecular weight is 552 g/mol. The van der Waals surface area contributed by atoms with E-state index in [1.807, 2.05) is 48.5 Å². The minimum Gasteiger partial charge on any atom is -0.396 e. The van der Waals surface area contributed by atoms with Gasteiger partial charge in [-0.3, -0.25) is 4.79 Å². The summed E-state index contributed by atoms with van der Waals surface area (Å²) in [5.41, 5.74) is 2.80. The molecule has 1 aliphatic heterocycles. The van der Waals surface area contributed by atoms with E-state index in [1.165, 1.54) is 12.1 Å². The van der Waals surface area contributed by atoms with E-state index in [9.17, 15) is 29.6 Å². The molecular formula is C32H38FNO6. The van der Waals surface area contributed by atoms with Crippen LogP contribution >= 0.6 is 0 Å². The lowest BCUT2D eigenvalue weighted by atomic mass is 9.78. The number of aryl methyl sites for hydroxylation is 2. The number of rotatable bonds is 14. The Morgan fingerprint density at radius 1 is 0.850 bits per heavy atom. The Balaban J connectivity index is 1.52. The second-order valence-corrected chi connectivity index (χ2v) is 10.7. The van der Waals surface area contributed by atoms with Crippen molar-refractivity contribution in [3.8, 4) is 0 Å².